The number of aromatic nitrogens is 4. The number of hydrogen-bond acceptors (Lipinski definition) is 10. The second kappa shape index (κ2) is 6.14. The maximum Gasteiger partial charge on any atom is 0.353 e. The molecule has 1 aliphatic heterocycles. The van der Waals surface area contributed by atoms with Crippen LogP contribution in [0.3, 0.4) is 0 Å². The van der Waals surface area contributed by atoms with Crippen LogP contribution in [0.25, 0.3) is 11.2 Å². The van der Waals surface area contributed by atoms with Crippen LogP contribution in [0, 0.1) is 0 Å². The van der Waals surface area contributed by atoms with Gasteiger partial charge in [-0.1, -0.05) is 0 Å². The smallest absolute Gasteiger partial charge is 0.353 e. The summed E-state index contributed by atoms with van der Waals surface area (Å²) in [5, 5.41) is 20.2. The van der Waals surface area contributed by atoms with E-state index in [2.05, 4.69) is 19.5 Å². The third kappa shape index (κ3) is 2.95. The van der Waals surface area contributed by atoms with Crippen molar-refractivity contribution in [1.82, 2.24) is 19.5 Å². The van der Waals surface area contributed by atoms with E-state index in [0.29, 0.717) is 0 Å². The third-order valence-corrected chi connectivity index (χ3v) is 4.71. The van der Waals surface area contributed by atoms with Gasteiger partial charge in [0.15, 0.2) is 23.6 Å². The Labute approximate surface area is 139 Å². The first-order valence-corrected chi connectivity index (χ1v) is 8.71. The number of nitrogens with zero attached hydrogens (tertiary/aromatic N) is 3. The van der Waals surface area contributed by atoms with E-state index in [9.17, 15) is 24.5 Å². The number of aliphatic hydroxyl groups is 2. The molecule has 0 radical (unpaired) electrons. The quantitative estimate of drug-likeness (QED) is 0.357. The molecule has 14 heteroatoms. The van der Waals surface area contributed by atoms with Crippen molar-refractivity contribution in [2.24, 2.45) is 0 Å². The molecular formula is C11H16N5O8P. The molecule has 1 aliphatic rings. The number of nitrogens with one attached hydrogen (secondary N) is 1. The predicted octanol–water partition coefficient (Wildman–Crippen LogP) is -2.13. The van der Waals surface area contributed by atoms with E-state index in [-0.39, 0.29) is 23.7 Å². The molecule has 1 saturated heterocycles. The van der Waals surface area contributed by atoms with Crippen molar-refractivity contribution in [3.05, 3.63) is 16.7 Å². The van der Waals surface area contributed by atoms with Crippen molar-refractivity contribution in [2.45, 2.75) is 18.1 Å². The maximum atomic E-state index is 11.9. The number of hydrogen-bond donors (Lipinski definition) is 5. The summed E-state index contributed by atoms with van der Waals surface area (Å²) in [6, 6.07) is 0. The number of aliphatic hydroxyl groups excluding tert-OH is 2. The summed E-state index contributed by atoms with van der Waals surface area (Å²) in [7, 11) is -3.13. The van der Waals surface area contributed by atoms with Gasteiger partial charge in [0.1, 0.15) is 12.4 Å². The molecular weight excluding hydrogens is 361 g/mol. The van der Waals surface area contributed by atoms with Gasteiger partial charge in [0, 0.05) is 7.11 Å². The summed E-state index contributed by atoms with van der Waals surface area (Å²) in [5.41, 5.74) is 4.63. The fourth-order valence-corrected chi connectivity index (χ4v) is 2.87. The van der Waals surface area contributed by atoms with Crippen molar-refractivity contribution in [3.63, 3.8) is 0 Å². The molecule has 0 bridgehead atoms. The van der Waals surface area contributed by atoms with Crippen LogP contribution in [0.1, 0.15) is 0 Å². The fraction of sp³-hybridized carbons (Fsp3) is 0.545. The van der Waals surface area contributed by atoms with Crippen molar-refractivity contribution in [1.29, 1.82) is 0 Å². The minimum atomic E-state index is -4.14. The van der Waals surface area contributed by atoms with Crippen molar-refractivity contribution < 1.29 is 33.7 Å². The Morgan fingerprint density at radius 1 is 1.60 bits per heavy atom. The molecule has 3 rings (SSSR count). The summed E-state index contributed by atoms with van der Waals surface area (Å²) in [6.45, 7) is -0.345. The number of fused-ring (bicyclic) bond motifs is 1. The Morgan fingerprint density at radius 3 is 2.92 bits per heavy atom. The van der Waals surface area contributed by atoms with Crippen LogP contribution in [0.5, 0.6) is 0 Å². The molecule has 2 aromatic heterocycles. The lowest BCUT2D eigenvalue weighted by Crippen LogP contribution is -2.48. The standard InChI is InChI=1S/C11H16N5O8P/c1-22-25(20,21)4-24-11(7(18)5(17)2-23-11)16-3-13-6-8(16)14-10(12)15-9(6)19/h3,5,7,17-18H,2,4H2,1H3,(H,20,21)(H3,12,14,15,19)/t5-,7-,11+/m1/s1. The van der Waals surface area contributed by atoms with Gasteiger partial charge in [-0.2, -0.15) is 4.98 Å². The van der Waals surface area contributed by atoms with Crippen molar-refractivity contribution in [2.75, 3.05) is 25.8 Å². The summed E-state index contributed by atoms with van der Waals surface area (Å²) in [6.07, 6.45) is -2.84. The average molecular weight is 377 g/mol. The molecule has 2 aromatic rings. The van der Waals surface area contributed by atoms with Gasteiger partial charge in [-0.25, -0.2) is 4.98 Å². The lowest BCUT2D eigenvalue weighted by Gasteiger charge is -2.33. The molecule has 1 fully saturated rings. The number of ether oxygens (including phenoxy) is 2. The fourth-order valence-electron chi connectivity index (χ4n) is 2.41. The van der Waals surface area contributed by atoms with Crippen LogP contribution in [0.4, 0.5) is 5.95 Å². The molecule has 4 atom stereocenters. The van der Waals surface area contributed by atoms with E-state index in [4.69, 9.17) is 15.2 Å². The Hall–Kier alpha value is -1.86. The number of rotatable bonds is 5. The molecule has 3 heterocycles. The lowest BCUT2D eigenvalue weighted by atomic mass is 10.2. The van der Waals surface area contributed by atoms with Gasteiger partial charge in [0.05, 0.1) is 6.61 Å². The van der Waals surface area contributed by atoms with Crippen LogP contribution < -0.4 is 11.3 Å². The number of H-pyrrole nitrogens is 1. The van der Waals surface area contributed by atoms with E-state index in [1.807, 2.05) is 0 Å². The summed E-state index contributed by atoms with van der Waals surface area (Å²) < 4.78 is 27.8. The molecule has 0 spiro atoms. The second-order valence-corrected chi connectivity index (χ2v) is 7.18. The molecule has 138 valence electrons. The number of aromatic amines is 1. The predicted molar refractivity (Wildman–Crippen MR) is 81.3 cm³/mol. The van der Waals surface area contributed by atoms with Crippen molar-refractivity contribution in [3.8, 4) is 0 Å². The van der Waals surface area contributed by atoms with Crippen LogP contribution in [-0.4, -0.2) is 66.9 Å². The minimum Gasteiger partial charge on any atom is -0.388 e. The zero-order valence-corrected chi connectivity index (χ0v) is 13.8. The van der Waals surface area contributed by atoms with E-state index in [0.717, 1.165) is 18.0 Å². The van der Waals surface area contributed by atoms with Crippen LogP contribution in [-0.2, 0) is 24.5 Å². The molecule has 0 saturated carbocycles. The highest BCUT2D eigenvalue weighted by atomic mass is 31.2. The number of nitrogen functional groups attached to an aromatic ring is 1. The first kappa shape index (κ1) is 17.9. The maximum absolute atomic E-state index is 11.9. The van der Waals surface area contributed by atoms with Gasteiger partial charge in [-0.05, 0) is 0 Å². The SMILES string of the molecule is COP(=O)(O)CO[C@@]1(n2cnc3c(=O)[nH]c(N)nc32)OC[C@@H](O)[C@H]1O. The van der Waals surface area contributed by atoms with E-state index in [1.165, 1.54) is 0 Å². The van der Waals surface area contributed by atoms with E-state index < -0.39 is 37.6 Å². The lowest BCUT2D eigenvalue weighted by molar-refractivity contribution is -0.296. The zero-order chi connectivity index (χ0) is 18.4. The summed E-state index contributed by atoms with van der Waals surface area (Å²) in [4.78, 5) is 31.5. The summed E-state index contributed by atoms with van der Waals surface area (Å²) >= 11 is 0. The molecule has 0 aromatic carbocycles. The van der Waals surface area contributed by atoms with Gasteiger partial charge in [0.25, 0.3) is 11.5 Å². The highest BCUT2D eigenvalue weighted by Crippen LogP contribution is 2.44. The van der Waals surface area contributed by atoms with Gasteiger partial charge in [0.2, 0.25) is 5.95 Å². The Bertz CT molecular complexity index is 898. The first-order chi connectivity index (χ1) is 11.7. The highest BCUT2D eigenvalue weighted by molar-refractivity contribution is 7.52. The average Bonchev–Trinajstić information content (AvgIpc) is 3.10. The highest BCUT2D eigenvalue weighted by Gasteiger charge is 2.54. The molecule has 1 unspecified atom stereocenters. The van der Waals surface area contributed by atoms with E-state index >= 15 is 0 Å². The van der Waals surface area contributed by atoms with Crippen LogP contribution in [0.2, 0.25) is 0 Å². The van der Waals surface area contributed by atoms with Crippen LogP contribution in [0.15, 0.2) is 11.1 Å². The molecule has 0 aliphatic carbocycles. The normalized spacial score (nSPS) is 29.1. The number of nitrogens with two attached hydrogens (primary N) is 1. The Balaban J connectivity index is 2.13. The second-order valence-electron chi connectivity index (χ2n) is 5.29. The molecule has 13 nitrogen and oxygen atoms in total. The number of imidazole rings is 1. The van der Waals surface area contributed by atoms with Crippen molar-refractivity contribution >= 4 is 24.7 Å². The van der Waals surface area contributed by atoms with Gasteiger partial charge in [-0.15, -0.1) is 0 Å². The third-order valence-electron chi connectivity index (χ3n) is 3.68. The zero-order valence-electron chi connectivity index (χ0n) is 12.9. The minimum absolute atomic E-state index is 0.111. The van der Waals surface area contributed by atoms with Crippen LogP contribution >= 0.6 is 7.60 Å². The van der Waals surface area contributed by atoms with Gasteiger partial charge in [-0.3, -0.25) is 18.9 Å². The topological polar surface area (TPSA) is 195 Å². The van der Waals surface area contributed by atoms with E-state index in [1.54, 1.807) is 0 Å². The Kier molecular flexibility index (Phi) is 4.41. The van der Waals surface area contributed by atoms with Gasteiger partial charge < -0.3 is 34.8 Å². The molecule has 25 heavy (non-hydrogen) atoms. The first-order valence-electron chi connectivity index (χ1n) is 6.95. The monoisotopic (exact) mass is 377 g/mol. The Morgan fingerprint density at radius 2 is 2.32 bits per heavy atom. The molecule has 0 amide bonds. The largest absolute Gasteiger partial charge is 0.388 e. The number of anilines is 1. The molecule has 6 N–H and O–H groups in total. The summed E-state index contributed by atoms with van der Waals surface area (Å²) in [5.74, 6) is -2.38. The van der Waals surface area contributed by atoms with Gasteiger partial charge >= 0.3 is 7.60 Å².